The lowest BCUT2D eigenvalue weighted by molar-refractivity contribution is 0.0974. The zero-order valence-corrected chi connectivity index (χ0v) is 18.8. The van der Waals surface area contributed by atoms with Crippen LogP contribution in [-0.2, 0) is 23.0 Å². The predicted octanol–water partition coefficient (Wildman–Crippen LogP) is 4.00. The number of Topliss-reactive ketones (excluding diaryl/α,β-unsaturated/α-hetero) is 1. The first kappa shape index (κ1) is 20.7. The normalized spacial score (nSPS) is 14.3. The Morgan fingerprint density at radius 3 is 2.72 bits per heavy atom. The van der Waals surface area contributed by atoms with Gasteiger partial charge >= 0.3 is 0 Å². The van der Waals surface area contributed by atoms with Gasteiger partial charge in [-0.15, -0.1) is 0 Å². The third-order valence-electron chi connectivity index (χ3n) is 6.03. The van der Waals surface area contributed by atoms with Crippen molar-refractivity contribution >= 4 is 26.7 Å². The number of nitrogens with one attached hydrogen (secondary N) is 1. The van der Waals surface area contributed by atoms with Crippen LogP contribution in [0.25, 0.3) is 16.6 Å². The van der Waals surface area contributed by atoms with Gasteiger partial charge in [-0.3, -0.25) is 4.79 Å². The van der Waals surface area contributed by atoms with E-state index in [1.165, 1.54) is 4.31 Å². The number of fused-ring (bicyclic) bond motifs is 3. The van der Waals surface area contributed by atoms with Gasteiger partial charge in [-0.25, -0.2) is 13.1 Å². The Morgan fingerprint density at radius 1 is 1.16 bits per heavy atom. The van der Waals surface area contributed by atoms with Crippen molar-refractivity contribution in [1.82, 2.24) is 19.1 Å². The molecule has 0 saturated heterocycles. The summed E-state index contributed by atoms with van der Waals surface area (Å²) in [4.78, 5) is 15.9. The van der Waals surface area contributed by atoms with Crippen molar-refractivity contribution in [2.24, 2.45) is 0 Å². The predicted molar refractivity (Wildman–Crippen MR) is 123 cm³/mol. The van der Waals surface area contributed by atoms with E-state index in [1.807, 2.05) is 42.6 Å². The summed E-state index contributed by atoms with van der Waals surface area (Å²) in [5, 5.41) is 5.17. The number of sulfonamides is 1. The summed E-state index contributed by atoms with van der Waals surface area (Å²) >= 11 is 0. The van der Waals surface area contributed by atoms with Crippen LogP contribution in [0.4, 0.5) is 0 Å². The number of hydrogen-bond acceptors (Lipinski definition) is 4. The molecule has 0 spiro atoms. The quantitative estimate of drug-likeness (QED) is 0.500. The van der Waals surface area contributed by atoms with Gasteiger partial charge in [0.25, 0.3) is 0 Å². The topological polar surface area (TPSA) is 88.1 Å². The van der Waals surface area contributed by atoms with Crippen LogP contribution >= 0.6 is 0 Å². The molecule has 0 atom stereocenters. The van der Waals surface area contributed by atoms with Crippen LogP contribution in [0.15, 0.2) is 59.8 Å². The van der Waals surface area contributed by atoms with E-state index in [-0.39, 0.29) is 17.2 Å². The van der Waals surface area contributed by atoms with Gasteiger partial charge in [-0.2, -0.15) is 9.40 Å². The highest BCUT2D eigenvalue weighted by molar-refractivity contribution is 7.89. The second-order valence-corrected chi connectivity index (χ2v) is 10.3. The maximum Gasteiger partial charge on any atom is 0.243 e. The highest BCUT2D eigenvalue weighted by Gasteiger charge is 2.27. The van der Waals surface area contributed by atoms with Crippen molar-refractivity contribution in [3.05, 3.63) is 77.2 Å². The number of aromatic amines is 1. The van der Waals surface area contributed by atoms with Crippen molar-refractivity contribution in [3.8, 4) is 5.69 Å². The Morgan fingerprint density at radius 2 is 1.94 bits per heavy atom. The number of H-pyrrole nitrogens is 1. The summed E-state index contributed by atoms with van der Waals surface area (Å²) in [5.41, 5.74) is 4.66. The molecular weight excluding hydrogens is 424 g/mol. The van der Waals surface area contributed by atoms with E-state index in [9.17, 15) is 13.2 Å². The third kappa shape index (κ3) is 3.45. The largest absolute Gasteiger partial charge is 0.358 e. The molecule has 0 unspecified atom stereocenters. The SMILES string of the molecule is Cc1cc2c3c([nH]c2cc1S(=O)(=O)N(C)Cc1cnn(-c2ccccc2)c1)CCCC3=O. The molecule has 1 aliphatic carbocycles. The van der Waals surface area contributed by atoms with E-state index in [2.05, 4.69) is 10.1 Å². The Bertz CT molecular complexity index is 1430. The Hall–Kier alpha value is -3.23. The lowest BCUT2D eigenvalue weighted by Gasteiger charge is -2.18. The monoisotopic (exact) mass is 448 g/mol. The van der Waals surface area contributed by atoms with Crippen molar-refractivity contribution in [2.45, 2.75) is 37.6 Å². The molecular formula is C24H24N4O3S. The molecule has 0 bridgehead atoms. The first-order valence-corrected chi connectivity index (χ1v) is 12.0. The average Bonchev–Trinajstić information content (AvgIpc) is 3.38. The summed E-state index contributed by atoms with van der Waals surface area (Å²) in [7, 11) is -2.17. The number of aryl methyl sites for hydroxylation is 2. The fraction of sp³-hybridized carbons (Fsp3) is 0.250. The van der Waals surface area contributed by atoms with Gasteiger partial charge in [-0.05, 0) is 49.6 Å². The van der Waals surface area contributed by atoms with Gasteiger partial charge in [0.1, 0.15) is 0 Å². The number of benzene rings is 2. The second kappa shape index (κ2) is 7.72. The van der Waals surface area contributed by atoms with Gasteiger partial charge in [0.15, 0.2) is 5.78 Å². The molecule has 0 aliphatic heterocycles. The van der Waals surface area contributed by atoms with Gasteiger partial charge in [0.2, 0.25) is 10.0 Å². The van der Waals surface area contributed by atoms with E-state index >= 15 is 0 Å². The summed E-state index contributed by atoms with van der Waals surface area (Å²) in [5.74, 6) is 0.125. The number of carbonyl (C=O) groups is 1. The van der Waals surface area contributed by atoms with Crippen molar-refractivity contribution in [1.29, 1.82) is 0 Å². The number of carbonyl (C=O) groups excluding carboxylic acids is 1. The van der Waals surface area contributed by atoms with Gasteiger partial charge < -0.3 is 4.98 Å². The fourth-order valence-corrected chi connectivity index (χ4v) is 5.78. The molecule has 0 fully saturated rings. The second-order valence-electron chi connectivity index (χ2n) is 8.31. The third-order valence-corrected chi connectivity index (χ3v) is 7.98. The summed E-state index contributed by atoms with van der Waals surface area (Å²) < 4.78 is 29.9. The first-order chi connectivity index (χ1) is 15.3. The molecule has 5 rings (SSSR count). The lowest BCUT2D eigenvalue weighted by Crippen LogP contribution is -2.27. The van der Waals surface area contributed by atoms with Crippen LogP contribution in [0, 0.1) is 6.92 Å². The molecule has 8 heteroatoms. The van der Waals surface area contributed by atoms with Crippen LogP contribution in [0.5, 0.6) is 0 Å². The summed E-state index contributed by atoms with van der Waals surface area (Å²) in [6.45, 7) is 1.98. The maximum absolute atomic E-state index is 13.4. The Labute approximate surface area is 186 Å². The summed E-state index contributed by atoms with van der Waals surface area (Å²) in [6.07, 6.45) is 5.69. The molecule has 2 aromatic heterocycles. The standard InChI is InChI=1S/C24H24N4O3S/c1-16-11-19-21(26-20-9-6-10-22(29)24(19)20)12-23(16)32(30,31)27(2)14-17-13-25-28(15-17)18-7-4-3-5-8-18/h3-5,7-8,11-13,15,26H,6,9-10,14H2,1-2H3. The molecule has 1 N–H and O–H groups in total. The van der Waals surface area contributed by atoms with Crippen LogP contribution in [0.1, 0.15) is 40.0 Å². The molecule has 164 valence electrons. The minimum Gasteiger partial charge on any atom is -0.358 e. The molecule has 0 amide bonds. The highest BCUT2D eigenvalue weighted by atomic mass is 32.2. The molecule has 7 nitrogen and oxygen atoms in total. The Balaban J connectivity index is 1.46. The Kier molecular flexibility index (Phi) is 4.98. The zero-order chi connectivity index (χ0) is 22.5. The van der Waals surface area contributed by atoms with Crippen molar-refractivity contribution < 1.29 is 13.2 Å². The number of hydrogen-bond donors (Lipinski definition) is 1. The molecule has 0 radical (unpaired) electrons. The molecule has 4 aromatic rings. The zero-order valence-electron chi connectivity index (χ0n) is 18.0. The minimum absolute atomic E-state index is 0.125. The number of nitrogens with zero attached hydrogens (tertiary/aromatic N) is 3. The molecule has 32 heavy (non-hydrogen) atoms. The van der Waals surface area contributed by atoms with E-state index in [0.29, 0.717) is 17.5 Å². The van der Waals surface area contributed by atoms with Crippen LogP contribution in [0.3, 0.4) is 0 Å². The van der Waals surface area contributed by atoms with Crippen molar-refractivity contribution in [3.63, 3.8) is 0 Å². The van der Waals surface area contributed by atoms with E-state index in [1.54, 1.807) is 30.9 Å². The number of ketones is 1. The van der Waals surface area contributed by atoms with Gasteiger partial charge in [0, 0.05) is 53.9 Å². The minimum atomic E-state index is -3.74. The fourth-order valence-electron chi connectivity index (χ4n) is 4.39. The molecule has 1 aliphatic rings. The average molecular weight is 449 g/mol. The lowest BCUT2D eigenvalue weighted by atomic mass is 9.94. The first-order valence-electron chi connectivity index (χ1n) is 10.6. The number of rotatable bonds is 5. The molecule has 0 saturated carbocycles. The number of para-hydroxylation sites is 1. The number of aromatic nitrogens is 3. The summed E-state index contributed by atoms with van der Waals surface area (Å²) in [6, 6.07) is 13.2. The molecule has 2 heterocycles. The molecule has 2 aromatic carbocycles. The van der Waals surface area contributed by atoms with Gasteiger partial charge in [0.05, 0.1) is 16.8 Å². The van der Waals surface area contributed by atoms with E-state index < -0.39 is 10.0 Å². The highest BCUT2D eigenvalue weighted by Crippen LogP contribution is 2.33. The maximum atomic E-state index is 13.4. The smallest absolute Gasteiger partial charge is 0.243 e. The van der Waals surface area contributed by atoms with Crippen LogP contribution in [0.2, 0.25) is 0 Å². The van der Waals surface area contributed by atoms with Crippen LogP contribution in [-0.4, -0.2) is 40.3 Å². The van der Waals surface area contributed by atoms with Crippen molar-refractivity contribution in [2.75, 3.05) is 7.05 Å². The van der Waals surface area contributed by atoms with Crippen LogP contribution < -0.4 is 0 Å². The van der Waals surface area contributed by atoms with Gasteiger partial charge in [-0.1, -0.05) is 18.2 Å². The van der Waals surface area contributed by atoms with E-state index in [4.69, 9.17) is 0 Å². The van der Waals surface area contributed by atoms with E-state index in [0.717, 1.165) is 40.7 Å².